The molecule has 0 saturated carbocycles. The molecule has 1 aromatic heterocycles. The first-order valence-corrected chi connectivity index (χ1v) is 7.62. The van der Waals surface area contributed by atoms with Gasteiger partial charge in [0.2, 0.25) is 0 Å². The van der Waals surface area contributed by atoms with Gasteiger partial charge >= 0.3 is 5.97 Å². The molecule has 1 aliphatic heterocycles. The monoisotopic (exact) mass is 342 g/mol. The van der Waals surface area contributed by atoms with E-state index in [2.05, 4.69) is 15.9 Å². The first-order chi connectivity index (χ1) is 9.58. The molecule has 0 aliphatic carbocycles. The molecule has 2 rings (SSSR count). The molecule has 1 amide bonds. The fourth-order valence-corrected chi connectivity index (χ4v) is 3.08. The third-order valence-electron chi connectivity index (χ3n) is 3.66. The van der Waals surface area contributed by atoms with Gasteiger partial charge in [0.25, 0.3) is 5.91 Å². The van der Waals surface area contributed by atoms with Crippen LogP contribution in [0.4, 0.5) is 0 Å². The lowest BCUT2D eigenvalue weighted by molar-refractivity contribution is -0.147. The van der Waals surface area contributed by atoms with Crippen LogP contribution in [0.3, 0.4) is 0 Å². The number of ether oxygens (including phenoxy) is 1. The van der Waals surface area contributed by atoms with Gasteiger partial charge in [-0.2, -0.15) is 0 Å². The summed E-state index contributed by atoms with van der Waals surface area (Å²) in [7, 11) is 1.37. The van der Waals surface area contributed by atoms with Gasteiger partial charge in [0, 0.05) is 23.8 Å². The van der Waals surface area contributed by atoms with E-state index in [4.69, 9.17) is 4.74 Å². The van der Waals surface area contributed by atoms with Crippen molar-refractivity contribution in [1.82, 2.24) is 9.47 Å². The Morgan fingerprint density at radius 1 is 1.45 bits per heavy atom. The number of nitrogens with zero attached hydrogens (tertiary/aromatic N) is 2. The lowest BCUT2D eigenvalue weighted by Gasteiger charge is -2.33. The Morgan fingerprint density at radius 2 is 2.20 bits per heavy atom. The number of amides is 1. The average molecular weight is 343 g/mol. The number of rotatable bonds is 3. The molecule has 1 atom stereocenters. The predicted molar refractivity (Wildman–Crippen MR) is 78.5 cm³/mol. The van der Waals surface area contributed by atoms with Crippen LogP contribution < -0.4 is 0 Å². The molecule has 1 saturated heterocycles. The quantitative estimate of drug-likeness (QED) is 0.792. The molecule has 2 heterocycles. The van der Waals surface area contributed by atoms with E-state index in [1.807, 2.05) is 17.7 Å². The second-order valence-corrected chi connectivity index (χ2v) is 5.78. The number of hydrogen-bond acceptors (Lipinski definition) is 3. The molecule has 1 aliphatic rings. The highest BCUT2D eigenvalue weighted by Crippen LogP contribution is 2.23. The second kappa shape index (κ2) is 6.43. The Balaban J connectivity index is 2.27. The number of aromatic nitrogens is 1. The zero-order chi connectivity index (χ0) is 14.7. The minimum atomic E-state index is -0.458. The predicted octanol–water partition coefficient (Wildman–Crippen LogP) is 2.44. The van der Waals surface area contributed by atoms with E-state index in [9.17, 15) is 9.59 Å². The molecule has 20 heavy (non-hydrogen) atoms. The smallest absolute Gasteiger partial charge is 0.328 e. The van der Waals surface area contributed by atoms with Crippen LogP contribution in [0.2, 0.25) is 0 Å². The van der Waals surface area contributed by atoms with Crippen molar-refractivity contribution in [2.45, 2.75) is 38.8 Å². The fourth-order valence-electron chi connectivity index (χ4n) is 2.62. The van der Waals surface area contributed by atoms with Crippen LogP contribution in [-0.2, 0) is 16.1 Å². The highest BCUT2D eigenvalue weighted by molar-refractivity contribution is 9.10. The van der Waals surface area contributed by atoms with Gasteiger partial charge in [-0.3, -0.25) is 4.79 Å². The van der Waals surface area contributed by atoms with Crippen molar-refractivity contribution >= 4 is 27.8 Å². The Morgan fingerprint density at radius 3 is 2.85 bits per heavy atom. The zero-order valence-electron chi connectivity index (χ0n) is 11.8. The summed E-state index contributed by atoms with van der Waals surface area (Å²) in [6, 6.07) is 1.34. The van der Waals surface area contributed by atoms with E-state index < -0.39 is 6.04 Å². The Hall–Kier alpha value is -1.30. The van der Waals surface area contributed by atoms with E-state index in [0.717, 1.165) is 17.3 Å². The Kier molecular flexibility index (Phi) is 4.86. The van der Waals surface area contributed by atoms with Gasteiger partial charge in [0.05, 0.1) is 7.11 Å². The van der Waals surface area contributed by atoms with Crippen molar-refractivity contribution in [2.75, 3.05) is 13.7 Å². The van der Waals surface area contributed by atoms with Crippen LogP contribution in [0, 0.1) is 0 Å². The molecule has 5 nitrogen and oxygen atoms in total. The van der Waals surface area contributed by atoms with Crippen molar-refractivity contribution in [2.24, 2.45) is 0 Å². The number of halogens is 1. The molecule has 6 heteroatoms. The van der Waals surface area contributed by atoms with Crippen LogP contribution >= 0.6 is 15.9 Å². The van der Waals surface area contributed by atoms with Crippen molar-refractivity contribution in [3.63, 3.8) is 0 Å². The minimum absolute atomic E-state index is 0.104. The van der Waals surface area contributed by atoms with Crippen LogP contribution in [-0.4, -0.2) is 41.0 Å². The summed E-state index contributed by atoms with van der Waals surface area (Å²) in [5, 5.41) is 0. The summed E-state index contributed by atoms with van der Waals surface area (Å²) in [6.07, 6.45) is 4.42. The molecular weight excluding hydrogens is 324 g/mol. The van der Waals surface area contributed by atoms with Crippen LogP contribution in [0.25, 0.3) is 0 Å². The molecule has 1 aromatic rings. The van der Waals surface area contributed by atoms with Crippen molar-refractivity contribution in [3.05, 3.63) is 22.4 Å². The summed E-state index contributed by atoms with van der Waals surface area (Å²) >= 11 is 3.39. The number of esters is 1. The zero-order valence-corrected chi connectivity index (χ0v) is 13.4. The standard InChI is InChI=1S/C14H19BrN2O3/c1-3-16-9-10(15)8-12(16)13(18)17-7-5-4-6-11(17)14(19)20-2/h8-9,11H,3-7H2,1-2H3. The summed E-state index contributed by atoms with van der Waals surface area (Å²) in [5.74, 6) is -0.431. The van der Waals surface area contributed by atoms with E-state index in [1.54, 1.807) is 11.0 Å². The highest BCUT2D eigenvalue weighted by Gasteiger charge is 2.34. The Bertz CT molecular complexity index is 513. The molecule has 0 aromatic carbocycles. The first kappa shape index (κ1) is 15.1. The fraction of sp³-hybridized carbons (Fsp3) is 0.571. The highest BCUT2D eigenvalue weighted by atomic mass is 79.9. The molecule has 1 fully saturated rings. The van der Waals surface area contributed by atoms with E-state index in [-0.39, 0.29) is 11.9 Å². The summed E-state index contributed by atoms with van der Waals surface area (Å²) < 4.78 is 7.57. The third-order valence-corrected chi connectivity index (χ3v) is 4.09. The van der Waals surface area contributed by atoms with Crippen molar-refractivity contribution in [3.8, 4) is 0 Å². The van der Waals surface area contributed by atoms with Crippen LogP contribution in [0.1, 0.15) is 36.7 Å². The maximum absolute atomic E-state index is 12.7. The largest absolute Gasteiger partial charge is 0.467 e. The molecule has 0 N–H and O–H groups in total. The summed E-state index contributed by atoms with van der Waals surface area (Å²) in [6.45, 7) is 3.30. The van der Waals surface area contributed by atoms with Gasteiger partial charge in [-0.15, -0.1) is 0 Å². The molecule has 110 valence electrons. The van der Waals surface area contributed by atoms with Crippen LogP contribution in [0.5, 0.6) is 0 Å². The van der Waals surface area contributed by atoms with Crippen molar-refractivity contribution < 1.29 is 14.3 Å². The lowest BCUT2D eigenvalue weighted by atomic mass is 10.0. The SMILES string of the molecule is CCn1cc(Br)cc1C(=O)N1CCCCC1C(=O)OC. The maximum Gasteiger partial charge on any atom is 0.328 e. The number of methoxy groups -OCH3 is 1. The van der Waals surface area contributed by atoms with E-state index in [1.165, 1.54) is 7.11 Å². The number of piperidine rings is 1. The number of likely N-dealkylation sites (tertiary alicyclic amines) is 1. The maximum atomic E-state index is 12.7. The number of aryl methyl sites for hydroxylation is 1. The number of carbonyl (C=O) groups excluding carboxylic acids is 2. The average Bonchev–Trinajstić information content (AvgIpc) is 2.86. The molecule has 1 unspecified atom stereocenters. The van der Waals surface area contributed by atoms with Gasteiger partial charge in [-0.25, -0.2) is 4.79 Å². The second-order valence-electron chi connectivity index (χ2n) is 4.86. The number of carbonyl (C=O) groups is 2. The summed E-state index contributed by atoms with van der Waals surface area (Å²) in [4.78, 5) is 26.2. The third kappa shape index (κ3) is 2.90. The normalized spacial score (nSPS) is 18.9. The molecule has 0 spiro atoms. The first-order valence-electron chi connectivity index (χ1n) is 6.83. The van der Waals surface area contributed by atoms with E-state index in [0.29, 0.717) is 25.2 Å². The minimum Gasteiger partial charge on any atom is -0.467 e. The van der Waals surface area contributed by atoms with Gasteiger partial charge in [-0.05, 0) is 48.2 Å². The lowest BCUT2D eigenvalue weighted by Crippen LogP contribution is -2.48. The molecular formula is C14H19BrN2O3. The van der Waals surface area contributed by atoms with Gasteiger partial charge in [0.1, 0.15) is 11.7 Å². The Labute approximate surface area is 127 Å². The van der Waals surface area contributed by atoms with Gasteiger partial charge in [0.15, 0.2) is 0 Å². The van der Waals surface area contributed by atoms with Crippen molar-refractivity contribution in [1.29, 1.82) is 0 Å². The van der Waals surface area contributed by atoms with Gasteiger partial charge < -0.3 is 14.2 Å². The number of hydrogen-bond donors (Lipinski definition) is 0. The molecule has 0 bridgehead atoms. The topological polar surface area (TPSA) is 51.5 Å². The summed E-state index contributed by atoms with van der Waals surface area (Å²) in [5.41, 5.74) is 0.607. The molecule has 0 radical (unpaired) electrons. The van der Waals surface area contributed by atoms with Crippen LogP contribution in [0.15, 0.2) is 16.7 Å². The van der Waals surface area contributed by atoms with E-state index >= 15 is 0 Å². The van der Waals surface area contributed by atoms with Gasteiger partial charge in [-0.1, -0.05) is 0 Å².